The SMILES string of the molecule is Cc1nc(-c2nc(-c3ccc(OC(C)(C)F)cc3)no2)nn1Cc1cccc(N2CCC(CS(C)=O)CC2)c1. The van der Waals surface area contributed by atoms with Crippen molar-refractivity contribution in [2.24, 2.45) is 5.92 Å². The fourth-order valence-corrected chi connectivity index (χ4v) is 5.76. The molecule has 1 unspecified atom stereocenters. The molecule has 9 nitrogen and oxygen atoms in total. The van der Waals surface area contributed by atoms with Crippen molar-refractivity contribution in [2.75, 3.05) is 30.0 Å². The molecule has 1 atom stereocenters. The van der Waals surface area contributed by atoms with E-state index in [0.29, 0.717) is 35.4 Å². The van der Waals surface area contributed by atoms with Crippen LogP contribution in [0, 0.1) is 12.8 Å². The molecule has 1 aliphatic rings. The second kappa shape index (κ2) is 11.3. The number of benzene rings is 2. The maximum absolute atomic E-state index is 13.7. The van der Waals surface area contributed by atoms with E-state index in [-0.39, 0.29) is 5.89 Å². The van der Waals surface area contributed by atoms with Crippen LogP contribution in [0.3, 0.4) is 0 Å². The van der Waals surface area contributed by atoms with Crippen molar-refractivity contribution >= 4 is 16.5 Å². The Kier molecular flexibility index (Phi) is 7.79. The normalized spacial score (nSPS) is 15.5. The van der Waals surface area contributed by atoms with E-state index >= 15 is 0 Å². The summed E-state index contributed by atoms with van der Waals surface area (Å²) in [5.41, 5.74) is 3.01. The maximum Gasteiger partial charge on any atom is 0.297 e. The summed E-state index contributed by atoms with van der Waals surface area (Å²) in [6.45, 7) is 7.10. The van der Waals surface area contributed by atoms with Gasteiger partial charge in [0.05, 0.1) is 6.54 Å². The van der Waals surface area contributed by atoms with Gasteiger partial charge >= 0.3 is 0 Å². The number of aryl methyl sites for hydroxylation is 1. The van der Waals surface area contributed by atoms with E-state index in [1.165, 1.54) is 19.5 Å². The van der Waals surface area contributed by atoms with Crippen molar-refractivity contribution in [3.63, 3.8) is 0 Å². The lowest BCUT2D eigenvalue weighted by Gasteiger charge is -2.33. The molecule has 206 valence electrons. The molecule has 0 amide bonds. The first-order valence-electron chi connectivity index (χ1n) is 13.0. The van der Waals surface area contributed by atoms with Gasteiger partial charge < -0.3 is 14.2 Å². The molecule has 2 aromatic heterocycles. The van der Waals surface area contributed by atoms with Crippen LogP contribution in [0.25, 0.3) is 23.1 Å². The summed E-state index contributed by atoms with van der Waals surface area (Å²) in [7, 11) is -0.737. The highest BCUT2D eigenvalue weighted by molar-refractivity contribution is 7.84. The van der Waals surface area contributed by atoms with Crippen molar-refractivity contribution in [2.45, 2.75) is 46.0 Å². The van der Waals surface area contributed by atoms with E-state index in [0.717, 1.165) is 43.1 Å². The summed E-state index contributed by atoms with van der Waals surface area (Å²) in [5, 5.41) is 8.68. The third-order valence-corrected chi connectivity index (χ3v) is 7.58. The van der Waals surface area contributed by atoms with Crippen LogP contribution in [0.2, 0.25) is 0 Å². The third kappa shape index (κ3) is 6.89. The number of hydrogen-bond acceptors (Lipinski definition) is 8. The zero-order valence-electron chi connectivity index (χ0n) is 22.6. The average molecular weight is 553 g/mol. The molecular formula is C28H33FN6O3S. The van der Waals surface area contributed by atoms with E-state index < -0.39 is 16.7 Å². The maximum atomic E-state index is 13.7. The molecule has 0 radical (unpaired) electrons. The average Bonchev–Trinajstić information content (AvgIpc) is 3.51. The van der Waals surface area contributed by atoms with Crippen molar-refractivity contribution in [1.82, 2.24) is 24.9 Å². The third-order valence-electron chi connectivity index (χ3n) is 6.64. The van der Waals surface area contributed by atoms with Gasteiger partial charge in [0.25, 0.3) is 5.89 Å². The summed E-state index contributed by atoms with van der Waals surface area (Å²) in [4.78, 5) is 11.4. The Labute approximate surface area is 229 Å². The topological polar surface area (TPSA) is 99.2 Å². The number of ether oxygens (including phenoxy) is 1. The first kappa shape index (κ1) is 27.0. The van der Waals surface area contributed by atoms with Crippen LogP contribution >= 0.6 is 0 Å². The minimum absolute atomic E-state index is 0.224. The first-order valence-corrected chi connectivity index (χ1v) is 14.7. The summed E-state index contributed by atoms with van der Waals surface area (Å²) < 4.78 is 37.8. The van der Waals surface area contributed by atoms with Crippen molar-refractivity contribution < 1.29 is 17.9 Å². The molecule has 0 N–H and O–H groups in total. The summed E-state index contributed by atoms with van der Waals surface area (Å²) in [6.07, 6.45) is 3.92. The number of anilines is 1. The van der Waals surface area contributed by atoms with E-state index in [2.05, 4.69) is 49.4 Å². The highest BCUT2D eigenvalue weighted by Crippen LogP contribution is 2.27. The van der Waals surface area contributed by atoms with Gasteiger partial charge in [0, 0.05) is 61.0 Å². The van der Waals surface area contributed by atoms with E-state index in [4.69, 9.17) is 9.26 Å². The second-order valence-corrected chi connectivity index (χ2v) is 11.9. The Hall–Kier alpha value is -3.60. The van der Waals surface area contributed by atoms with Crippen LogP contribution in [0.1, 0.15) is 38.1 Å². The van der Waals surface area contributed by atoms with Gasteiger partial charge in [-0.15, -0.1) is 5.10 Å². The molecule has 5 rings (SSSR count). The molecule has 3 heterocycles. The van der Waals surface area contributed by atoms with Crippen LogP contribution in [-0.4, -0.2) is 60.1 Å². The molecule has 0 aliphatic carbocycles. The van der Waals surface area contributed by atoms with Crippen LogP contribution in [0.5, 0.6) is 5.75 Å². The second-order valence-electron chi connectivity index (χ2n) is 10.4. The van der Waals surface area contributed by atoms with Gasteiger partial charge in [-0.05, 0) is 67.6 Å². The largest absolute Gasteiger partial charge is 0.459 e. The minimum Gasteiger partial charge on any atom is -0.459 e. The van der Waals surface area contributed by atoms with Crippen molar-refractivity contribution in [3.05, 3.63) is 59.9 Å². The number of rotatable bonds is 9. The smallest absolute Gasteiger partial charge is 0.297 e. The fourth-order valence-electron chi connectivity index (χ4n) is 4.76. The van der Waals surface area contributed by atoms with Crippen LogP contribution < -0.4 is 9.64 Å². The molecular weight excluding hydrogens is 519 g/mol. The van der Waals surface area contributed by atoms with Gasteiger partial charge in [-0.1, -0.05) is 17.3 Å². The van der Waals surface area contributed by atoms with Gasteiger partial charge in [0.15, 0.2) is 0 Å². The van der Waals surface area contributed by atoms with Crippen LogP contribution in [0.15, 0.2) is 53.1 Å². The standard InChI is InChI=1S/C28H33FN6O3S/c1-19-30-26(27-31-25(33-38-27)22-8-10-24(11-9-22)37-28(2,3)29)32-35(19)17-21-6-5-7-23(16-21)34-14-12-20(13-15-34)18-39(4)36/h5-11,16,20H,12-15,17-18H2,1-4H3. The Morgan fingerprint density at radius 1 is 1.10 bits per heavy atom. The lowest BCUT2D eigenvalue weighted by Crippen LogP contribution is -2.35. The number of piperidine rings is 1. The van der Waals surface area contributed by atoms with Gasteiger partial charge in [-0.2, -0.15) is 9.37 Å². The Balaban J connectivity index is 1.25. The number of halogens is 1. The summed E-state index contributed by atoms with van der Waals surface area (Å²) >= 11 is 0. The zero-order valence-corrected chi connectivity index (χ0v) is 23.4. The molecule has 1 saturated heterocycles. The van der Waals surface area contributed by atoms with E-state index in [1.807, 2.05) is 11.6 Å². The molecule has 0 spiro atoms. The highest BCUT2D eigenvalue weighted by atomic mass is 32.2. The van der Waals surface area contributed by atoms with Crippen molar-refractivity contribution in [1.29, 1.82) is 0 Å². The molecule has 4 aromatic rings. The molecule has 39 heavy (non-hydrogen) atoms. The number of hydrogen-bond donors (Lipinski definition) is 0. The Bertz CT molecular complexity index is 1440. The molecule has 2 aromatic carbocycles. The number of aromatic nitrogens is 5. The molecule has 0 bridgehead atoms. The lowest BCUT2D eigenvalue weighted by molar-refractivity contribution is -0.0256. The number of alkyl halides is 1. The van der Waals surface area contributed by atoms with Crippen molar-refractivity contribution in [3.8, 4) is 28.9 Å². The molecule has 1 aliphatic heterocycles. The minimum atomic E-state index is -1.76. The zero-order chi connectivity index (χ0) is 27.6. The quantitative estimate of drug-likeness (QED) is 0.285. The van der Waals surface area contributed by atoms with Crippen LogP contribution in [0.4, 0.5) is 10.1 Å². The van der Waals surface area contributed by atoms with E-state index in [1.54, 1.807) is 30.5 Å². The predicted molar refractivity (Wildman–Crippen MR) is 149 cm³/mol. The Morgan fingerprint density at radius 3 is 2.54 bits per heavy atom. The van der Waals surface area contributed by atoms with Gasteiger partial charge in [-0.3, -0.25) is 4.21 Å². The molecule has 0 saturated carbocycles. The van der Waals surface area contributed by atoms with Gasteiger partial charge in [-0.25, -0.2) is 9.67 Å². The highest BCUT2D eigenvalue weighted by Gasteiger charge is 2.21. The molecule has 11 heteroatoms. The number of nitrogens with zero attached hydrogens (tertiary/aromatic N) is 6. The monoisotopic (exact) mass is 552 g/mol. The fraction of sp³-hybridized carbons (Fsp3) is 0.429. The van der Waals surface area contributed by atoms with Gasteiger partial charge in [0.2, 0.25) is 17.5 Å². The summed E-state index contributed by atoms with van der Waals surface area (Å²) in [6, 6.07) is 15.3. The van der Waals surface area contributed by atoms with E-state index in [9.17, 15) is 8.60 Å². The summed E-state index contributed by atoms with van der Waals surface area (Å²) in [5.74, 6) is 1.68. The Morgan fingerprint density at radius 2 is 1.85 bits per heavy atom. The molecule has 1 fully saturated rings. The predicted octanol–water partition coefficient (Wildman–Crippen LogP) is 5.03. The van der Waals surface area contributed by atoms with Gasteiger partial charge in [0.1, 0.15) is 11.6 Å². The lowest BCUT2D eigenvalue weighted by atomic mass is 9.98. The first-order chi connectivity index (χ1) is 18.6. The van der Waals surface area contributed by atoms with Crippen LogP contribution in [-0.2, 0) is 17.3 Å².